The molecule has 0 saturated carbocycles. The van der Waals surface area contributed by atoms with Crippen LogP contribution < -0.4 is 5.69 Å². The number of aromatic nitrogens is 4. The number of halogens is 2. The average molecular weight is 441 g/mol. The molecular weight excluding hydrogens is 430 g/mol. The summed E-state index contributed by atoms with van der Waals surface area (Å²) in [5.74, 6) is 0. The zero-order valence-electron chi connectivity index (χ0n) is 13.8. The van der Waals surface area contributed by atoms with Crippen molar-refractivity contribution in [1.29, 1.82) is 5.26 Å². The fourth-order valence-electron chi connectivity index (χ4n) is 2.74. The normalized spacial score (nSPS) is 10.9. The highest BCUT2D eigenvalue weighted by Gasteiger charge is 2.14. The number of nitriles is 1. The summed E-state index contributed by atoms with van der Waals surface area (Å²) in [6.45, 7) is 0.217. The molecule has 0 spiro atoms. The van der Waals surface area contributed by atoms with E-state index in [-0.39, 0.29) is 12.2 Å². The number of rotatable bonds is 3. The summed E-state index contributed by atoms with van der Waals surface area (Å²) in [6, 6.07) is 14.7. The summed E-state index contributed by atoms with van der Waals surface area (Å²) in [5, 5.41) is 14.0. The molecule has 0 saturated heterocycles. The molecule has 0 aliphatic carbocycles. The van der Waals surface area contributed by atoms with Crippen LogP contribution in [0, 0.1) is 11.3 Å². The molecule has 0 atom stereocenters. The highest BCUT2D eigenvalue weighted by atomic mass is 79.9. The van der Waals surface area contributed by atoms with Gasteiger partial charge in [0.1, 0.15) is 6.07 Å². The molecule has 0 bridgehead atoms. The van der Waals surface area contributed by atoms with Gasteiger partial charge in [-0.3, -0.25) is 4.98 Å². The third-order valence-electron chi connectivity index (χ3n) is 4.11. The molecule has 0 radical (unpaired) electrons. The summed E-state index contributed by atoms with van der Waals surface area (Å²) in [7, 11) is 0. The van der Waals surface area contributed by atoms with Crippen molar-refractivity contribution in [3.05, 3.63) is 86.1 Å². The molecule has 132 valence electrons. The van der Waals surface area contributed by atoms with E-state index in [9.17, 15) is 4.79 Å². The first-order valence-corrected chi connectivity index (χ1v) is 9.12. The van der Waals surface area contributed by atoms with Crippen molar-refractivity contribution in [2.24, 2.45) is 0 Å². The SMILES string of the molecule is N#Cc1ccc(Cn2nc3c(Br)c(-c4ccc(Cl)cc4)ccn3c2=O)nc1. The Labute approximate surface area is 167 Å². The summed E-state index contributed by atoms with van der Waals surface area (Å²) >= 11 is 9.53. The minimum Gasteiger partial charge on any atom is -0.258 e. The Hall–Kier alpha value is -2.95. The van der Waals surface area contributed by atoms with Crippen molar-refractivity contribution >= 4 is 33.2 Å². The Kier molecular flexibility index (Phi) is 4.52. The fraction of sp³-hybridized carbons (Fsp3) is 0.0526. The predicted molar refractivity (Wildman–Crippen MR) is 106 cm³/mol. The van der Waals surface area contributed by atoms with Crippen LogP contribution in [0.25, 0.3) is 16.8 Å². The average Bonchev–Trinajstić information content (AvgIpc) is 3.00. The smallest absolute Gasteiger partial charge is 0.258 e. The number of pyridine rings is 2. The van der Waals surface area contributed by atoms with E-state index in [2.05, 4.69) is 26.0 Å². The molecule has 27 heavy (non-hydrogen) atoms. The topological polar surface area (TPSA) is 76.0 Å². The quantitative estimate of drug-likeness (QED) is 0.484. The van der Waals surface area contributed by atoms with Crippen molar-refractivity contribution in [2.75, 3.05) is 0 Å². The van der Waals surface area contributed by atoms with Crippen molar-refractivity contribution in [3.63, 3.8) is 0 Å². The van der Waals surface area contributed by atoms with Gasteiger partial charge in [-0.05, 0) is 51.8 Å². The van der Waals surface area contributed by atoms with Gasteiger partial charge < -0.3 is 0 Å². The maximum absolute atomic E-state index is 12.6. The second kappa shape index (κ2) is 6.99. The lowest BCUT2D eigenvalue weighted by atomic mass is 10.1. The van der Waals surface area contributed by atoms with Gasteiger partial charge in [0.15, 0.2) is 5.65 Å². The van der Waals surface area contributed by atoms with Crippen LogP contribution in [0.3, 0.4) is 0 Å². The third kappa shape index (κ3) is 3.25. The van der Waals surface area contributed by atoms with Crippen LogP contribution in [-0.2, 0) is 6.54 Å². The van der Waals surface area contributed by atoms with E-state index in [4.69, 9.17) is 16.9 Å². The van der Waals surface area contributed by atoms with Gasteiger partial charge in [-0.1, -0.05) is 23.7 Å². The second-order valence-electron chi connectivity index (χ2n) is 5.83. The molecule has 0 N–H and O–H groups in total. The van der Waals surface area contributed by atoms with Gasteiger partial charge in [-0.15, -0.1) is 5.10 Å². The Balaban J connectivity index is 1.76. The number of nitrogens with zero attached hydrogens (tertiary/aromatic N) is 5. The Morgan fingerprint density at radius 2 is 1.93 bits per heavy atom. The molecular formula is C19H11BrClN5O. The maximum atomic E-state index is 12.6. The first-order valence-electron chi connectivity index (χ1n) is 7.95. The summed E-state index contributed by atoms with van der Waals surface area (Å²) in [4.78, 5) is 16.8. The van der Waals surface area contributed by atoms with Crippen LogP contribution in [0.4, 0.5) is 0 Å². The molecule has 3 aromatic heterocycles. The minimum atomic E-state index is -0.264. The minimum absolute atomic E-state index is 0.217. The fourth-order valence-corrected chi connectivity index (χ4v) is 3.50. The third-order valence-corrected chi connectivity index (χ3v) is 5.15. The van der Waals surface area contributed by atoms with Crippen molar-refractivity contribution < 1.29 is 0 Å². The van der Waals surface area contributed by atoms with Crippen molar-refractivity contribution in [1.82, 2.24) is 19.2 Å². The lowest BCUT2D eigenvalue weighted by Gasteiger charge is -2.05. The monoisotopic (exact) mass is 439 g/mol. The molecule has 4 aromatic rings. The van der Waals surface area contributed by atoms with Gasteiger partial charge in [0.2, 0.25) is 0 Å². The Morgan fingerprint density at radius 1 is 1.15 bits per heavy atom. The Morgan fingerprint density at radius 3 is 2.59 bits per heavy atom. The molecule has 6 nitrogen and oxygen atoms in total. The standard InChI is InChI=1S/C19H11BrClN5O/c20-17-16(13-2-4-14(21)5-3-13)7-8-25-18(17)24-26(19(25)27)11-15-6-1-12(9-22)10-23-15/h1-8,10H,11H2. The highest BCUT2D eigenvalue weighted by molar-refractivity contribution is 9.10. The molecule has 0 aliphatic rings. The van der Waals surface area contributed by atoms with E-state index in [0.29, 0.717) is 21.9 Å². The van der Waals surface area contributed by atoms with Crippen molar-refractivity contribution in [3.8, 4) is 17.2 Å². The largest absolute Gasteiger partial charge is 0.350 e. The zero-order chi connectivity index (χ0) is 19.0. The van der Waals surface area contributed by atoms with Gasteiger partial charge in [0.05, 0.1) is 22.3 Å². The lowest BCUT2D eigenvalue weighted by molar-refractivity contribution is 0.646. The summed E-state index contributed by atoms with van der Waals surface area (Å²) in [6.07, 6.45) is 3.17. The first kappa shape index (κ1) is 17.5. The van der Waals surface area contributed by atoms with Crippen LogP contribution in [0.1, 0.15) is 11.3 Å². The number of hydrogen-bond acceptors (Lipinski definition) is 4. The van der Waals surface area contributed by atoms with E-state index in [1.165, 1.54) is 15.3 Å². The molecule has 3 heterocycles. The highest BCUT2D eigenvalue weighted by Crippen LogP contribution is 2.31. The van der Waals surface area contributed by atoms with Gasteiger partial charge in [0, 0.05) is 23.0 Å². The summed E-state index contributed by atoms with van der Waals surface area (Å²) in [5.41, 5.74) is 3.24. The van der Waals surface area contributed by atoms with E-state index < -0.39 is 0 Å². The van der Waals surface area contributed by atoms with Crippen molar-refractivity contribution in [2.45, 2.75) is 6.54 Å². The van der Waals surface area contributed by atoms with E-state index in [1.807, 2.05) is 36.4 Å². The molecule has 0 fully saturated rings. The first-order chi connectivity index (χ1) is 13.1. The number of fused-ring (bicyclic) bond motifs is 1. The number of benzene rings is 1. The Bertz CT molecular complexity index is 1240. The molecule has 4 rings (SSSR count). The van der Waals surface area contributed by atoms with Gasteiger partial charge in [0.25, 0.3) is 0 Å². The van der Waals surface area contributed by atoms with Gasteiger partial charge in [-0.25, -0.2) is 13.9 Å². The van der Waals surface area contributed by atoms with Gasteiger partial charge >= 0.3 is 5.69 Å². The molecule has 8 heteroatoms. The van der Waals surface area contributed by atoms with Gasteiger partial charge in [-0.2, -0.15) is 5.26 Å². The van der Waals surface area contributed by atoms with Crippen LogP contribution in [0.5, 0.6) is 0 Å². The molecule has 1 aromatic carbocycles. The van der Waals surface area contributed by atoms with Crippen LogP contribution in [-0.4, -0.2) is 19.2 Å². The maximum Gasteiger partial charge on any atom is 0.350 e. The van der Waals surface area contributed by atoms with E-state index >= 15 is 0 Å². The van der Waals surface area contributed by atoms with E-state index in [0.717, 1.165) is 15.6 Å². The molecule has 0 amide bonds. The molecule has 0 unspecified atom stereocenters. The predicted octanol–water partition coefficient (Wildman–Crippen LogP) is 3.89. The van der Waals surface area contributed by atoms with E-state index in [1.54, 1.807) is 18.3 Å². The zero-order valence-corrected chi connectivity index (χ0v) is 16.1. The second-order valence-corrected chi connectivity index (χ2v) is 7.06. The summed E-state index contributed by atoms with van der Waals surface area (Å²) < 4.78 is 3.55. The van der Waals surface area contributed by atoms with Crippen LogP contribution in [0.2, 0.25) is 5.02 Å². The van der Waals surface area contributed by atoms with Crippen LogP contribution in [0.15, 0.2) is 64.1 Å². The lowest BCUT2D eigenvalue weighted by Crippen LogP contribution is -2.22. The number of hydrogen-bond donors (Lipinski definition) is 0. The van der Waals surface area contributed by atoms with Crippen LogP contribution >= 0.6 is 27.5 Å². The molecule has 0 aliphatic heterocycles.